The number of nitrogens with zero attached hydrogens (tertiary/aromatic N) is 4. The van der Waals surface area contributed by atoms with Crippen molar-refractivity contribution in [1.29, 1.82) is 0 Å². The summed E-state index contributed by atoms with van der Waals surface area (Å²) in [5.74, 6) is 1.81. The molecule has 0 atom stereocenters. The summed E-state index contributed by atoms with van der Waals surface area (Å²) in [6.07, 6.45) is 13.7. The number of fused-ring (bicyclic) bond motifs is 1. The summed E-state index contributed by atoms with van der Waals surface area (Å²) in [5.41, 5.74) is 4.30. The molecule has 4 heterocycles. The molecule has 0 unspecified atom stereocenters. The fraction of sp³-hybridized carbons (Fsp3) is 0.231. The smallest absolute Gasteiger partial charge is 0.130 e. The topological polar surface area (TPSA) is 44.3 Å². The van der Waals surface area contributed by atoms with Crippen LogP contribution >= 0.6 is 0 Å². The molecule has 1 aromatic carbocycles. The third-order valence-corrected chi connectivity index (χ3v) is 5.98. The largest absolute Gasteiger partial charge is 0.357 e. The molecular formula is C26H27N5. The lowest BCUT2D eigenvalue weighted by molar-refractivity contribution is 0.642. The van der Waals surface area contributed by atoms with Crippen LogP contribution in [0.2, 0.25) is 0 Å². The normalized spacial score (nSPS) is 16.0. The van der Waals surface area contributed by atoms with Gasteiger partial charge in [-0.2, -0.15) is 0 Å². The van der Waals surface area contributed by atoms with Gasteiger partial charge in [0.15, 0.2) is 0 Å². The van der Waals surface area contributed by atoms with Crippen molar-refractivity contribution in [3.63, 3.8) is 0 Å². The van der Waals surface area contributed by atoms with Crippen LogP contribution in [-0.2, 0) is 0 Å². The molecule has 0 aliphatic carbocycles. The molecule has 5 rings (SSSR count). The number of rotatable bonds is 5. The van der Waals surface area contributed by atoms with Crippen molar-refractivity contribution in [3.8, 4) is 0 Å². The van der Waals surface area contributed by atoms with Gasteiger partial charge in [-0.15, -0.1) is 0 Å². The number of allylic oxidation sites excluding steroid dienone is 2. The first kappa shape index (κ1) is 19.4. The number of anilines is 2. The maximum Gasteiger partial charge on any atom is 0.130 e. The Hall–Kier alpha value is -3.60. The van der Waals surface area contributed by atoms with Gasteiger partial charge in [0, 0.05) is 61.1 Å². The monoisotopic (exact) mass is 409 g/mol. The molecule has 1 N–H and O–H groups in total. The van der Waals surface area contributed by atoms with Crippen LogP contribution in [0.4, 0.5) is 11.6 Å². The van der Waals surface area contributed by atoms with Crippen LogP contribution in [0.25, 0.3) is 22.2 Å². The molecular weight excluding hydrogens is 382 g/mol. The van der Waals surface area contributed by atoms with Crippen molar-refractivity contribution in [2.75, 3.05) is 30.4 Å². The molecule has 3 aromatic rings. The summed E-state index contributed by atoms with van der Waals surface area (Å²) >= 11 is 0. The molecule has 5 nitrogen and oxygen atoms in total. The van der Waals surface area contributed by atoms with E-state index in [4.69, 9.17) is 0 Å². The Morgan fingerprint density at radius 2 is 1.90 bits per heavy atom. The van der Waals surface area contributed by atoms with E-state index in [2.05, 4.69) is 87.4 Å². The molecule has 1 saturated heterocycles. The number of hydrogen-bond acceptors (Lipinski definition) is 5. The van der Waals surface area contributed by atoms with Gasteiger partial charge < -0.3 is 15.1 Å². The van der Waals surface area contributed by atoms with Gasteiger partial charge in [0.25, 0.3) is 0 Å². The Bertz CT molecular complexity index is 1190. The summed E-state index contributed by atoms with van der Waals surface area (Å²) in [7, 11) is 2.08. The quantitative estimate of drug-likeness (QED) is 0.603. The molecule has 0 radical (unpaired) electrons. The first-order valence-corrected chi connectivity index (χ1v) is 10.8. The number of nitrogens with one attached hydrogen (secondary N) is 1. The molecule has 0 spiro atoms. The minimum atomic E-state index is 0.792. The van der Waals surface area contributed by atoms with Gasteiger partial charge in [-0.25, -0.2) is 9.97 Å². The highest BCUT2D eigenvalue weighted by molar-refractivity contribution is 5.89. The van der Waals surface area contributed by atoms with E-state index >= 15 is 0 Å². The molecule has 2 aliphatic heterocycles. The summed E-state index contributed by atoms with van der Waals surface area (Å²) in [6, 6.07) is 12.7. The fourth-order valence-corrected chi connectivity index (χ4v) is 4.27. The average Bonchev–Trinajstić information content (AvgIpc) is 3.34. The standard InChI is InChI=1S/C26H27N5/c1-19(20-10-11-27-26(17-20)31-13-5-6-14-31)29-25-16-23-15-21(8-9-22(23)18-28-25)24-7-3-4-12-30(24)2/h4,7-12,15-18H,1,3,5-6,13-14H2,2H3,(H,28,29). The Kier molecular flexibility index (Phi) is 5.16. The molecule has 0 saturated carbocycles. The molecule has 2 aliphatic rings. The van der Waals surface area contributed by atoms with E-state index in [1.165, 1.54) is 24.1 Å². The molecule has 31 heavy (non-hydrogen) atoms. The lowest BCUT2D eigenvalue weighted by Gasteiger charge is -2.22. The van der Waals surface area contributed by atoms with Gasteiger partial charge in [0.1, 0.15) is 11.6 Å². The van der Waals surface area contributed by atoms with Crippen LogP contribution in [0.5, 0.6) is 0 Å². The van der Waals surface area contributed by atoms with Crippen LogP contribution in [0.15, 0.2) is 73.7 Å². The maximum absolute atomic E-state index is 4.60. The highest BCUT2D eigenvalue weighted by Gasteiger charge is 2.14. The van der Waals surface area contributed by atoms with E-state index in [0.717, 1.165) is 53.2 Å². The zero-order valence-corrected chi connectivity index (χ0v) is 17.9. The second kappa shape index (κ2) is 8.26. The Morgan fingerprint density at radius 1 is 1.03 bits per heavy atom. The van der Waals surface area contributed by atoms with Gasteiger partial charge in [-0.1, -0.05) is 30.9 Å². The van der Waals surface area contributed by atoms with E-state index < -0.39 is 0 Å². The predicted molar refractivity (Wildman–Crippen MR) is 130 cm³/mol. The number of aromatic nitrogens is 2. The van der Waals surface area contributed by atoms with Crippen molar-refractivity contribution >= 4 is 33.8 Å². The van der Waals surface area contributed by atoms with Gasteiger partial charge in [-0.3, -0.25) is 0 Å². The molecule has 156 valence electrons. The van der Waals surface area contributed by atoms with Crippen LogP contribution in [-0.4, -0.2) is 35.0 Å². The second-order valence-corrected chi connectivity index (χ2v) is 8.15. The number of benzene rings is 1. The zero-order chi connectivity index (χ0) is 21.2. The van der Waals surface area contributed by atoms with E-state index in [9.17, 15) is 0 Å². The summed E-state index contributed by atoms with van der Waals surface area (Å²) in [4.78, 5) is 13.6. The Labute approximate surface area is 183 Å². The lowest BCUT2D eigenvalue weighted by Crippen LogP contribution is -2.19. The van der Waals surface area contributed by atoms with E-state index in [0.29, 0.717) is 0 Å². The third-order valence-electron chi connectivity index (χ3n) is 5.98. The first-order chi connectivity index (χ1) is 15.2. The molecule has 1 fully saturated rings. The van der Waals surface area contributed by atoms with E-state index in [1.54, 1.807) is 0 Å². The molecule has 5 heteroatoms. The SMILES string of the molecule is C=C(Nc1cc2cc(C3=CCC=CN3C)ccc2cn1)c1ccnc(N2CCCC2)c1. The van der Waals surface area contributed by atoms with Crippen LogP contribution in [0.3, 0.4) is 0 Å². The molecule has 0 amide bonds. The first-order valence-electron chi connectivity index (χ1n) is 10.8. The van der Waals surface area contributed by atoms with Crippen LogP contribution in [0, 0.1) is 0 Å². The fourth-order valence-electron chi connectivity index (χ4n) is 4.27. The molecule has 0 bridgehead atoms. The second-order valence-electron chi connectivity index (χ2n) is 8.15. The van der Waals surface area contributed by atoms with E-state index in [1.807, 2.05) is 18.5 Å². The maximum atomic E-state index is 4.60. The Balaban J connectivity index is 1.38. The van der Waals surface area contributed by atoms with Crippen molar-refractivity contribution in [2.45, 2.75) is 19.3 Å². The average molecular weight is 410 g/mol. The van der Waals surface area contributed by atoms with Crippen molar-refractivity contribution < 1.29 is 0 Å². The van der Waals surface area contributed by atoms with Crippen molar-refractivity contribution in [2.24, 2.45) is 0 Å². The van der Waals surface area contributed by atoms with Gasteiger partial charge in [0.2, 0.25) is 0 Å². The van der Waals surface area contributed by atoms with Crippen molar-refractivity contribution in [3.05, 3.63) is 84.8 Å². The van der Waals surface area contributed by atoms with Gasteiger partial charge >= 0.3 is 0 Å². The number of pyridine rings is 2. The van der Waals surface area contributed by atoms with Gasteiger partial charge in [-0.05, 0) is 54.5 Å². The Morgan fingerprint density at radius 3 is 2.74 bits per heavy atom. The van der Waals surface area contributed by atoms with Crippen LogP contribution in [0.1, 0.15) is 30.4 Å². The highest BCUT2D eigenvalue weighted by Crippen LogP contribution is 2.28. The lowest BCUT2D eigenvalue weighted by atomic mass is 10.0. The summed E-state index contributed by atoms with van der Waals surface area (Å²) in [6.45, 7) is 6.40. The minimum Gasteiger partial charge on any atom is -0.357 e. The molecule has 2 aromatic heterocycles. The summed E-state index contributed by atoms with van der Waals surface area (Å²) in [5, 5.41) is 5.66. The predicted octanol–water partition coefficient (Wildman–Crippen LogP) is 5.50. The number of hydrogen-bond donors (Lipinski definition) is 1. The summed E-state index contributed by atoms with van der Waals surface area (Å²) < 4.78 is 0. The third kappa shape index (κ3) is 4.04. The minimum absolute atomic E-state index is 0.792. The van der Waals surface area contributed by atoms with Crippen LogP contribution < -0.4 is 10.2 Å². The van der Waals surface area contributed by atoms with Gasteiger partial charge in [0.05, 0.1) is 0 Å². The highest BCUT2D eigenvalue weighted by atomic mass is 15.2. The van der Waals surface area contributed by atoms with E-state index in [-0.39, 0.29) is 0 Å². The van der Waals surface area contributed by atoms with Crippen molar-refractivity contribution in [1.82, 2.24) is 14.9 Å². The zero-order valence-electron chi connectivity index (χ0n) is 17.9.